The van der Waals surface area contributed by atoms with Gasteiger partial charge in [-0.15, -0.1) is 0 Å². The van der Waals surface area contributed by atoms with Gasteiger partial charge >= 0.3 is 11.9 Å². The topological polar surface area (TPSA) is 87.0 Å². The Morgan fingerprint density at radius 2 is 2.14 bits per heavy atom. The first-order valence-electron chi connectivity index (χ1n) is 3.97. The molecule has 1 unspecified atom stereocenters. The second-order valence-electron chi connectivity index (χ2n) is 2.68. The van der Waals surface area contributed by atoms with Gasteiger partial charge in [0.05, 0.1) is 11.6 Å². The lowest BCUT2D eigenvalue weighted by atomic mass is 10.1. The summed E-state index contributed by atoms with van der Waals surface area (Å²) in [5.74, 6) is -2.54. The molecule has 0 aromatic rings. The molecule has 74 valence electrons. The van der Waals surface area contributed by atoms with E-state index in [2.05, 4.69) is 4.99 Å². The lowest BCUT2D eigenvalue weighted by Gasteiger charge is -2.10. The third-order valence-electron chi connectivity index (χ3n) is 1.67. The average molecular weight is 195 g/mol. The quantitative estimate of drug-likeness (QED) is 0.506. The number of dihydropyridines is 1. The van der Waals surface area contributed by atoms with Crippen LogP contribution >= 0.6 is 0 Å². The molecule has 0 amide bonds. The summed E-state index contributed by atoms with van der Waals surface area (Å²) in [4.78, 5) is 24.9. The van der Waals surface area contributed by atoms with Crippen molar-refractivity contribution in [3.05, 3.63) is 23.8 Å². The third kappa shape index (κ3) is 2.55. The monoisotopic (exact) mass is 195 g/mol. The molecule has 1 heterocycles. The van der Waals surface area contributed by atoms with Crippen LogP contribution in [0.4, 0.5) is 0 Å². The SMILES string of the molecule is O=C(O)C=C(C(=O)O)C1C=CCC=N1. The third-order valence-corrected chi connectivity index (χ3v) is 1.67. The molecule has 0 fully saturated rings. The van der Waals surface area contributed by atoms with Crippen LogP contribution < -0.4 is 0 Å². The Balaban J connectivity index is 2.93. The number of carboxylic acid groups (broad SMARTS) is 2. The molecule has 5 heteroatoms. The molecule has 0 saturated heterocycles. The average Bonchev–Trinajstić information content (AvgIpc) is 2.15. The van der Waals surface area contributed by atoms with Gasteiger partial charge in [-0.3, -0.25) is 4.99 Å². The second-order valence-corrected chi connectivity index (χ2v) is 2.68. The number of hydrogen-bond acceptors (Lipinski definition) is 3. The molecule has 2 N–H and O–H groups in total. The van der Waals surface area contributed by atoms with Crippen molar-refractivity contribution >= 4 is 18.2 Å². The van der Waals surface area contributed by atoms with Crippen molar-refractivity contribution in [2.45, 2.75) is 12.5 Å². The number of carbonyl (C=O) groups is 2. The maximum atomic E-state index is 10.7. The van der Waals surface area contributed by atoms with Crippen molar-refractivity contribution in [1.82, 2.24) is 0 Å². The standard InChI is InChI=1S/C9H9NO4/c11-8(12)5-6(9(13)14)7-3-1-2-4-10-7/h1,3-5,7H,2H2,(H,11,12)(H,13,14). The second kappa shape index (κ2) is 4.36. The Bertz CT molecular complexity index is 329. The van der Waals surface area contributed by atoms with E-state index in [0.717, 1.165) is 0 Å². The van der Waals surface area contributed by atoms with Gasteiger partial charge in [-0.1, -0.05) is 12.2 Å². The van der Waals surface area contributed by atoms with E-state index in [9.17, 15) is 9.59 Å². The Kier molecular flexibility index (Phi) is 3.17. The molecule has 1 aliphatic rings. The van der Waals surface area contributed by atoms with E-state index in [1.54, 1.807) is 18.4 Å². The van der Waals surface area contributed by atoms with Gasteiger partial charge in [0, 0.05) is 18.7 Å². The van der Waals surface area contributed by atoms with Crippen LogP contribution in [-0.4, -0.2) is 34.4 Å². The molecule has 0 aromatic heterocycles. The molecule has 1 aliphatic heterocycles. The molecule has 0 radical (unpaired) electrons. The minimum Gasteiger partial charge on any atom is -0.478 e. The summed E-state index contributed by atoms with van der Waals surface area (Å²) >= 11 is 0. The normalized spacial score (nSPS) is 20.9. The largest absolute Gasteiger partial charge is 0.478 e. The zero-order valence-corrected chi connectivity index (χ0v) is 7.25. The first kappa shape index (κ1) is 10.2. The van der Waals surface area contributed by atoms with Crippen LogP contribution in [0.25, 0.3) is 0 Å². The van der Waals surface area contributed by atoms with Gasteiger partial charge in [0.15, 0.2) is 0 Å². The molecule has 0 spiro atoms. The lowest BCUT2D eigenvalue weighted by Crippen LogP contribution is -2.17. The highest BCUT2D eigenvalue weighted by molar-refractivity contribution is 5.96. The van der Waals surface area contributed by atoms with Crippen molar-refractivity contribution < 1.29 is 19.8 Å². The molecule has 0 aromatic carbocycles. The van der Waals surface area contributed by atoms with Crippen LogP contribution in [0.3, 0.4) is 0 Å². The fourth-order valence-corrected chi connectivity index (χ4v) is 1.08. The molecule has 1 atom stereocenters. The summed E-state index contributed by atoms with van der Waals surface area (Å²) in [6.07, 6.45) is 6.19. The predicted molar refractivity (Wildman–Crippen MR) is 49.4 cm³/mol. The zero-order valence-electron chi connectivity index (χ0n) is 7.25. The number of rotatable bonds is 3. The molecule has 0 saturated carbocycles. The summed E-state index contributed by atoms with van der Waals surface area (Å²) in [6.45, 7) is 0. The van der Waals surface area contributed by atoms with Gasteiger partial charge in [0.2, 0.25) is 0 Å². The Hall–Kier alpha value is -1.91. The number of aliphatic carboxylic acids is 2. The van der Waals surface area contributed by atoms with Crippen LogP contribution in [0.2, 0.25) is 0 Å². The summed E-state index contributed by atoms with van der Waals surface area (Å²) in [5, 5.41) is 17.2. The minimum atomic E-state index is -1.28. The van der Waals surface area contributed by atoms with Crippen molar-refractivity contribution in [3.8, 4) is 0 Å². The maximum absolute atomic E-state index is 10.7. The molecular formula is C9H9NO4. The number of nitrogens with zero attached hydrogens (tertiary/aromatic N) is 1. The highest BCUT2D eigenvalue weighted by Crippen LogP contribution is 2.12. The number of carboxylic acids is 2. The summed E-state index contributed by atoms with van der Waals surface area (Å²) < 4.78 is 0. The van der Waals surface area contributed by atoms with Gasteiger partial charge in [-0.25, -0.2) is 9.59 Å². The van der Waals surface area contributed by atoms with Gasteiger partial charge < -0.3 is 10.2 Å². The van der Waals surface area contributed by atoms with E-state index in [0.29, 0.717) is 12.5 Å². The van der Waals surface area contributed by atoms with Crippen LogP contribution in [-0.2, 0) is 9.59 Å². The van der Waals surface area contributed by atoms with Gasteiger partial charge in [-0.05, 0) is 0 Å². The molecule has 5 nitrogen and oxygen atoms in total. The fourth-order valence-electron chi connectivity index (χ4n) is 1.08. The fraction of sp³-hybridized carbons (Fsp3) is 0.222. The van der Waals surface area contributed by atoms with Crippen molar-refractivity contribution in [1.29, 1.82) is 0 Å². The van der Waals surface area contributed by atoms with Crippen LogP contribution in [0.15, 0.2) is 28.8 Å². The first-order valence-corrected chi connectivity index (χ1v) is 3.97. The van der Waals surface area contributed by atoms with Crippen molar-refractivity contribution in [2.75, 3.05) is 0 Å². The summed E-state index contributed by atoms with van der Waals surface area (Å²) in [5.41, 5.74) is -0.232. The van der Waals surface area contributed by atoms with Gasteiger partial charge in [-0.2, -0.15) is 0 Å². The maximum Gasteiger partial charge on any atom is 0.334 e. The zero-order chi connectivity index (χ0) is 10.6. The molecule has 1 rings (SSSR count). The smallest absolute Gasteiger partial charge is 0.334 e. The molecule has 0 bridgehead atoms. The number of hydrogen-bond donors (Lipinski definition) is 2. The van der Waals surface area contributed by atoms with E-state index in [1.807, 2.05) is 0 Å². The molecule has 14 heavy (non-hydrogen) atoms. The Morgan fingerprint density at radius 3 is 2.57 bits per heavy atom. The van der Waals surface area contributed by atoms with E-state index in [4.69, 9.17) is 10.2 Å². The first-order chi connectivity index (χ1) is 6.61. The van der Waals surface area contributed by atoms with E-state index < -0.39 is 18.0 Å². The molecule has 0 aliphatic carbocycles. The Morgan fingerprint density at radius 1 is 1.43 bits per heavy atom. The number of aliphatic imine (C=N–C) groups is 1. The summed E-state index contributed by atoms with van der Waals surface area (Å²) in [6, 6.07) is -0.683. The van der Waals surface area contributed by atoms with Crippen molar-refractivity contribution in [2.24, 2.45) is 4.99 Å². The van der Waals surface area contributed by atoms with Crippen LogP contribution in [0, 0.1) is 0 Å². The minimum absolute atomic E-state index is 0.232. The lowest BCUT2D eigenvalue weighted by molar-refractivity contribution is -0.135. The predicted octanol–water partition coefficient (Wildman–Crippen LogP) is 0.481. The van der Waals surface area contributed by atoms with Crippen LogP contribution in [0.5, 0.6) is 0 Å². The highest BCUT2D eigenvalue weighted by Gasteiger charge is 2.19. The van der Waals surface area contributed by atoms with E-state index in [1.165, 1.54) is 0 Å². The van der Waals surface area contributed by atoms with Gasteiger partial charge in [0.25, 0.3) is 0 Å². The highest BCUT2D eigenvalue weighted by atomic mass is 16.4. The molecular weight excluding hydrogens is 186 g/mol. The summed E-state index contributed by atoms with van der Waals surface area (Å²) in [7, 11) is 0. The van der Waals surface area contributed by atoms with Crippen LogP contribution in [0.1, 0.15) is 6.42 Å². The van der Waals surface area contributed by atoms with Crippen molar-refractivity contribution in [3.63, 3.8) is 0 Å². The van der Waals surface area contributed by atoms with E-state index in [-0.39, 0.29) is 5.57 Å². The van der Waals surface area contributed by atoms with Gasteiger partial charge in [0.1, 0.15) is 0 Å². The number of allylic oxidation sites excluding steroid dienone is 1. The Labute approximate surface area is 80.1 Å². The van der Waals surface area contributed by atoms with E-state index >= 15 is 0 Å².